The lowest BCUT2D eigenvalue weighted by molar-refractivity contribution is -0.285. The van der Waals surface area contributed by atoms with Gasteiger partial charge in [-0.15, -0.1) is 0 Å². The van der Waals surface area contributed by atoms with Gasteiger partial charge in [-0.2, -0.15) is 0 Å². The van der Waals surface area contributed by atoms with Crippen LogP contribution in [0.2, 0.25) is 0 Å². The molecule has 0 amide bonds. The summed E-state index contributed by atoms with van der Waals surface area (Å²) in [4.78, 5) is 13.0. The number of aryl methyl sites for hydroxylation is 2. The predicted molar refractivity (Wildman–Crippen MR) is 145 cm³/mol. The van der Waals surface area contributed by atoms with Crippen LogP contribution in [0.1, 0.15) is 21.7 Å². The second-order valence-corrected chi connectivity index (χ2v) is 10.6. The van der Waals surface area contributed by atoms with Crippen molar-refractivity contribution in [2.24, 2.45) is 0 Å². The van der Waals surface area contributed by atoms with Crippen molar-refractivity contribution in [1.82, 2.24) is 0 Å². The Hall–Kier alpha value is -3.35. The standard InChI is InChI=1S/C29H34O15/c30-10-19-21(33)23(35)25(37)28(42-19)41-16-7-8-17-15(14(16)6-3-12-1-4-13(32)5-2-12)9-18(40-17)27(39)44-29-26(38)24(36)22(34)20(11-31)43-29/h1-2,4-5,7-9,19-26,28-38H,3,6,10-11H2/t19-,20-,21-,22-,23+,24+,25-,26-,28-,29+/m1/s1. The van der Waals surface area contributed by atoms with E-state index in [1.807, 2.05) is 0 Å². The van der Waals surface area contributed by atoms with Crippen LogP contribution in [0.25, 0.3) is 11.0 Å². The Balaban J connectivity index is 1.44. The Labute approximate surface area is 249 Å². The number of furan rings is 1. The summed E-state index contributed by atoms with van der Waals surface area (Å²) in [5.41, 5.74) is 1.53. The molecule has 0 saturated carbocycles. The Morgan fingerprint density at radius 1 is 0.727 bits per heavy atom. The molecule has 9 N–H and O–H groups in total. The van der Waals surface area contributed by atoms with Gasteiger partial charge in [-0.05, 0) is 48.7 Å². The maximum Gasteiger partial charge on any atom is 0.376 e. The third-order valence-electron chi connectivity index (χ3n) is 7.73. The molecule has 0 spiro atoms. The second-order valence-electron chi connectivity index (χ2n) is 10.6. The summed E-state index contributed by atoms with van der Waals surface area (Å²) in [6.07, 6.45) is -15.2. The Morgan fingerprint density at radius 3 is 1.93 bits per heavy atom. The minimum Gasteiger partial charge on any atom is -0.508 e. The number of rotatable bonds is 9. The van der Waals surface area contributed by atoms with Crippen molar-refractivity contribution in [3.8, 4) is 11.5 Å². The number of esters is 1. The molecule has 0 aliphatic carbocycles. The zero-order valence-electron chi connectivity index (χ0n) is 23.1. The topological polar surface area (TPSA) is 249 Å². The molecule has 44 heavy (non-hydrogen) atoms. The smallest absolute Gasteiger partial charge is 0.376 e. The molecule has 5 rings (SSSR count). The summed E-state index contributed by atoms with van der Waals surface area (Å²) in [6, 6.07) is 10.8. The fraction of sp³-hybridized carbons (Fsp3) is 0.483. The van der Waals surface area contributed by atoms with Crippen LogP contribution in [0.4, 0.5) is 0 Å². The summed E-state index contributed by atoms with van der Waals surface area (Å²) in [7, 11) is 0. The van der Waals surface area contributed by atoms with E-state index in [2.05, 4.69) is 0 Å². The minimum atomic E-state index is -1.82. The molecular weight excluding hydrogens is 588 g/mol. The predicted octanol–water partition coefficient (Wildman–Crippen LogP) is -1.94. The zero-order valence-corrected chi connectivity index (χ0v) is 23.1. The summed E-state index contributed by atoms with van der Waals surface area (Å²) in [5, 5.41) is 90.0. The van der Waals surface area contributed by atoms with E-state index in [1.165, 1.54) is 30.3 Å². The molecule has 2 saturated heterocycles. The third kappa shape index (κ3) is 6.38. The average Bonchev–Trinajstić information content (AvgIpc) is 3.46. The number of phenolic OH excluding ortho intramolecular Hbond substituents is 1. The summed E-state index contributed by atoms with van der Waals surface area (Å²) < 4.78 is 27.6. The van der Waals surface area contributed by atoms with Crippen LogP contribution in [0.5, 0.6) is 11.5 Å². The van der Waals surface area contributed by atoms with Gasteiger partial charge >= 0.3 is 5.97 Å². The number of carbonyl (C=O) groups excluding carboxylic acids is 1. The van der Waals surface area contributed by atoms with Gasteiger partial charge < -0.3 is 69.3 Å². The number of hydrogen-bond acceptors (Lipinski definition) is 15. The first-order valence-corrected chi connectivity index (χ1v) is 13.8. The minimum absolute atomic E-state index is 0.0832. The van der Waals surface area contributed by atoms with Gasteiger partial charge in [0.05, 0.1) is 13.2 Å². The molecule has 15 nitrogen and oxygen atoms in total. The fourth-order valence-electron chi connectivity index (χ4n) is 5.17. The third-order valence-corrected chi connectivity index (χ3v) is 7.73. The molecule has 240 valence electrons. The first-order chi connectivity index (χ1) is 21.0. The Bertz CT molecular complexity index is 1420. The van der Waals surface area contributed by atoms with Gasteiger partial charge in [-0.1, -0.05) is 12.1 Å². The SMILES string of the molecule is O=C(O[C@@H]1O[C@H](CO)[C@@H](O)[C@H](O)[C@H]1O)c1cc2c(CCc3ccc(O)cc3)c(O[C@@H]3O[C@H](CO)[C@@H](O)[C@H](O)[C@H]3O)ccc2o1. The lowest BCUT2D eigenvalue weighted by Gasteiger charge is -2.39. The highest BCUT2D eigenvalue weighted by Gasteiger charge is 2.46. The van der Waals surface area contributed by atoms with Gasteiger partial charge in [-0.3, -0.25) is 0 Å². The van der Waals surface area contributed by atoms with E-state index in [0.717, 1.165) is 5.56 Å². The monoisotopic (exact) mass is 622 g/mol. The largest absolute Gasteiger partial charge is 0.508 e. The van der Waals surface area contributed by atoms with E-state index in [-0.39, 0.29) is 29.3 Å². The quantitative estimate of drug-likeness (QED) is 0.118. The highest BCUT2D eigenvalue weighted by atomic mass is 16.7. The van der Waals surface area contributed by atoms with Crippen LogP contribution >= 0.6 is 0 Å². The number of hydrogen-bond donors (Lipinski definition) is 9. The van der Waals surface area contributed by atoms with E-state index in [0.29, 0.717) is 17.4 Å². The highest BCUT2D eigenvalue weighted by Crippen LogP contribution is 2.35. The number of ether oxygens (including phenoxy) is 4. The van der Waals surface area contributed by atoms with Crippen LogP contribution in [-0.4, -0.2) is 127 Å². The number of fused-ring (bicyclic) bond motifs is 1. The number of phenols is 1. The number of benzene rings is 2. The van der Waals surface area contributed by atoms with Gasteiger partial charge in [0.25, 0.3) is 0 Å². The summed E-state index contributed by atoms with van der Waals surface area (Å²) in [6.45, 7) is -1.37. The van der Waals surface area contributed by atoms with Crippen molar-refractivity contribution < 1.29 is 74.1 Å². The van der Waals surface area contributed by atoms with Gasteiger partial charge in [0.2, 0.25) is 18.3 Å². The van der Waals surface area contributed by atoms with Gasteiger partial charge in [0.15, 0.2) is 0 Å². The molecule has 2 aromatic carbocycles. The van der Waals surface area contributed by atoms with Gasteiger partial charge in [0, 0.05) is 10.9 Å². The molecule has 15 heteroatoms. The molecule has 2 fully saturated rings. The molecule has 10 atom stereocenters. The fourth-order valence-corrected chi connectivity index (χ4v) is 5.17. The van der Waals surface area contributed by atoms with E-state index < -0.39 is 80.6 Å². The summed E-state index contributed by atoms with van der Waals surface area (Å²) >= 11 is 0. The lowest BCUT2D eigenvalue weighted by Crippen LogP contribution is -2.60. The van der Waals surface area contributed by atoms with Crippen LogP contribution in [0.15, 0.2) is 46.9 Å². The van der Waals surface area contributed by atoms with Gasteiger partial charge in [-0.25, -0.2) is 4.79 Å². The first kappa shape index (κ1) is 32.1. The van der Waals surface area contributed by atoms with Gasteiger partial charge in [0.1, 0.15) is 65.9 Å². The lowest BCUT2D eigenvalue weighted by atomic mass is 9.98. The van der Waals surface area contributed by atoms with E-state index in [4.69, 9.17) is 23.4 Å². The normalized spacial score (nSPS) is 32.5. The summed E-state index contributed by atoms with van der Waals surface area (Å²) in [5.74, 6) is -1.17. The maximum atomic E-state index is 13.0. The van der Waals surface area contributed by atoms with Crippen LogP contribution < -0.4 is 4.74 Å². The Morgan fingerprint density at radius 2 is 1.32 bits per heavy atom. The van der Waals surface area contributed by atoms with Crippen molar-refractivity contribution >= 4 is 16.9 Å². The number of carbonyl (C=O) groups is 1. The van der Waals surface area contributed by atoms with Crippen molar-refractivity contribution in [3.05, 3.63) is 59.4 Å². The zero-order chi connectivity index (χ0) is 31.7. The van der Waals surface area contributed by atoms with E-state index >= 15 is 0 Å². The number of aliphatic hydroxyl groups excluding tert-OH is 8. The van der Waals surface area contributed by atoms with Crippen LogP contribution in [-0.2, 0) is 27.1 Å². The van der Waals surface area contributed by atoms with E-state index in [1.54, 1.807) is 12.1 Å². The van der Waals surface area contributed by atoms with Crippen LogP contribution in [0.3, 0.4) is 0 Å². The van der Waals surface area contributed by atoms with Crippen molar-refractivity contribution in [2.75, 3.05) is 13.2 Å². The Kier molecular flexibility index (Phi) is 9.71. The molecule has 0 bridgehead atoms. The first-order valence-electron chi connectivity index (χ1n) is 13.8. The number of aliphatic hydroxyl groups is 8. The van der Waals surface area contributed by atoms with Crippen LogP contribution in [0, 0.1) is 0 Å². The molecule has 3 aromatic rings. The van der Waals surface area contributed by atoms with Crippen molar-refractivity contribution in [3.63, 3.8) is 0 Å². The molecule has 3 heterocycles. The van der Waals surface area contributed by atoms with Crippen molar-refractivity contribution in [1.29, 1.82) is 0 Å². The molecule has 0 unspecified atom stereocenters. The molecule has 0 radical (unpaired) electrons. The number of aromatic hydroxyl groups is 1. The molecule has 2 aliphatic rings. The maximum absolute atomic E-state index is 13.0. The highest BCUT2D eigenvalue weighted by molar-refractivity contribution is 5.94. The van der Waals surface area contributed by atoms with Crippen molar-refractivity contribution in [2.45, 2.75) is 74.3 Å². The molecule has 1 aromatic heterocycles. The van der Waals surface area contributed by atoms with E-state index in [9.17, 15) is 50.8 Å². The molecular formula is C29H34O15. The second kappa shape index (κ2) is 13.3. The average molecular weight is 623 g/mol. The molecule has 2 aliphatic heterocycles.